The lowest BCUT2D eigenvalue weighted by atomic mass is 10.2. The number of aromatic nitrogens is 2. The molecule has 3 heterocycles. The zero-order chi connectivity index (χ0) is 27.9. The third-order valence-corrected chi connectivity index (χ3v) is 6.70. The fourth-order valence-electron chi connectivity index (χ4n) is 3.11. The highest BCUT2D eigenvalue weighted by atomic mass is 35.5. The van der Waals surface area contributed by atoms with Crippen molar-refractivity contribution in [2.45, 2.75) is 45.0 Å². The lowest BCUT2D eigenvalue weighted by Gasteiger charge is -2.15. The molecule has 3 aromatic rings. The molecular weight excluding hydrogens is 550 g/mol. The van der Waals surface area contributed by atoms with Crippen LogP contribution in [-0.2, 0) is 9.57 Å². The van der Waals surface area contributed by atoms with Crippen molar-refractivity contribution in [1.29, 1.82) is 0 Å². The van der Waals surface area contributed by atoms with Crippen molar-refractivity contribution in [3.8, 4) is 0 Å². The van der Waals surface area contributed by atoms with Gasteiger partial charge in [0.25, 0.3) is 0 Å². The van der Waals surface area contributed by atoms with Gasteiger partial charge in [-0.05, 0) is 58.0 Å². The minimum atomic E-state index is -0.431. The van der Waals surface area contributed by atoms with Crippen molar-refractivity contribution in [1.82, 2.24) is 9.55 Å². The summed E-state index contributed by atoms with van der Waals surface area (Å²) in [6, 6.07) is 8.88. The Bertz CT molecular complexity index is 1340. The second-order valence-corrected chi connectivity index (χ2v) is 11.1. The molecule has 1 fully saturated rings. The van der Waals surface area contributed by atoms with Gasteiger partial charge in [-0.2, -0.15) is 4.98 Å². The first-order valence-corrected chi connectivity index (χ1v) is 13.4. The monoisotopic (exact) mass is 579 g/mol. The second-order valence-electron chi connectivity index (χ2n) is 9.10. The molecule has 204 valence electrons. The molecule has 10 nitrogen and oxygen atoms in total. The molecule has 2 atom stereocenters. The molecule has 1 aliphatic heterocycles. The van der Waals surface area contributed by atoms with Crippen LogP contribution in [0, 0.1) is 6.92 Å². The van der Waals surface area contributed by atoms with Crippen LogP contribution in [0.25, 0.3) is 0 Å². The van der Waals surface area contributed by atoms with Crippen LogP contribution in [-0.4, -0.2) is 49.3 Å². The van der Waals surface area contributed by atoms with Gasteiger partial charge < -0.3 is 30.1 Å². The molecule has 1 aliphatic rings. The third kappa shape index (κ3) is 8.57. The van der Waals surface area contributed by atoms with Crippen LogP contribution >= 0.6 is 35.6 Å². The maximum atomic E-state index is 11.4. The van der Waals surface area contributed by atoms with E-state index >= 15 is 0 Å². The molecule has 13 heteroatoms. The van der Waals surface area contributed by atoms with Gasteiger partial charge in [0.05, 0.1) is 24.6 Å². The van der Waals surface area contributed by atoms with Crippen LogP contribution in [0.4, 0.5) is 11.5 Å². The van der Waals surface area contributed by atoms with Crippen LogP contribution in [0.3, 0.4) is 0 Å². The number of thiocarbonyl (C=S) groups is 1. The summed E-state index contributed by atoms with van der Waals surface area (Å²) in [7, 11) is 0. The van der Waals surface area contributed by atoms with Gasteiger partial charge in [0.1, 0.15) is 33.8 Å². The van der Waals surface area contributed by atoms with Crippen LogP contribution in [0.2, 0.25) is 5.02 Å². The molecule has 4 N–H and O–H groups in total. The molecule has 1 aromatic carbocycles. The first kappa shape index (κ1) is 29.7. The van der Waals surface area contributed by atoms with Crippen LogP contribution in [0.5, 0.6) is 0 Å². The molecule has 0 amide bonds. The minimum Gasteiger partial charge on any atom is -0.469 e. The highest BCUT2D eigenvalue weighted by molar-refractivity contribution is 8.00. The summed E-state index contributed by atoms with van der Waals surface area (Å²) in [4.78, 5) is 21.0. The highest BCUT2D eigenvalue weighted by Crippen LogP contribution is 2.30. The molecule has 38 heavy (non-hydrogen) atoms. The number of hydrogen-bond acceptors (Lipinski definition) is 10. The van der Waals surface area contributed by atoms with Crippen molar-refractivity contribution >= 4 is 58.3 Å². The molecule has 0 radical (unpaired) electrons. The van der Waals surface area contributed by atoms with E-state index in [1.807, 2.05) is 45.9 Å². The number of hydrogen-bond donors (Lipinski definition) is 3. The second kappa shape index (κ2) is 13.3. The standard InChI is InChI=1S/C17H19ClN2O2S.C8H11N3O3S/c1-11-14(7-8-21-11)16(23)20-13-5-6-15(18)12(9-13)10-19-22-17(2,3)4;9-5-1-2-11(8(13)10-5)6-4-15-7(3-12)14-6/h5-10H,1-4H3,(H,20,23);1-2,6-7,12H,3-4H2,(H2,9,10,13)/b19-10+;/t;6-,7-/m.1/s1. The lowest BCUT2D eigenvalue weighted by Crippen LogP contribution is -2.28. The van der Waals surface area contributed by atoms with Crippen molar-refractivity contribution in [3.63, 3.8) is 0 Å². The molecule has 0 spiro atoms. The Hall–Kier alpha value is -2.90. The number of nitrogens with one attached hydrogen (secondary N) is 1. The molecule has 4 rings (SSSR count). The van der Waals surface area contributed by atoms with Crippen molar-refractivity contribution in [3.05, 3.63) is 75.2 Å². The van der Waals surface area contributed by atoms with E-state index in [4.69, 9.17) is 48.7 Å². The summed E-state index contributed by atoms with van der Waals surface area (Å²) < 4.78 is 12.1. The number of anilines is 2. The van der Waals surface area contributed by atoms with Crippen molar-refractivity contribution in [2.24, 2.45) is 5.16 Å². The largest absolute Gasteiger partial charge is 0.469 e. The summed E-state index contributed by atoms with van der Waals surface area (Å²) in [6.07, 6.45) is 4.39. The Balaban J connectivity index is 0.000000230. The van der Waals surface area contributed by atoms with Crippen molar-refractivity contribution in [2.75, 3.05) is 23.4 Å². The van der Waals surface area contributed by atoms with Gasteiger partial charge >= 0.3 is 5.69 Å². The van der Waals surface area contributed by atoms with E-state index in [0.717, 1.165) is 22.6 Å². The predicted molar refractivity (Wildman–Crippen MR) is 155 cm³/mol. The third-order valence-electron chi connectivity index (χ3n) is 4.92. The number of nitrogens with two attached hydrogens (primary N) is 1. The van der Waals surface area contributed by atoms with E-state index in [9.17, 15) is 4.79 Å². The van der Waals surface area contributed by atoms with E-state index in [0.29, 0.717) is 15.8 Å². The number of furan rings is 1. The molecular formula is C25H30ClN5O5S2. The summed E-state index contributed by atoms with van der Waals surface area (Å²) in [6.45, 7) is 7.59. The van der Waals surface area contributed by atoms with Gasteiger partial charge in [-0.25, -0.2) is 4.79 Å². The number of thioether (sulfide) groups is 1. The average Bonchev–Trinajstić information content (AvgIpc) is 3.50. The number of halogens is 1. The smallest absolute Gasteiger partial charge is 0.351 e. The lowest BCUT2D eigenvalue weighted by molar-refractivity contribution is -0.00629. The number of aliphatic hydroxyl groups is 1. The number of benzene rings is 1. The Labute approximate surface area is 235 Å². The van der Waals surface area contributed by atoms with Gasteiger partial charge in [0.15, 0.2) is 0 Å². The van der Waals surface area contributed by atoms with Crippen molar-refractivity contribution < 1.29 is 19.1 Å². The van der Waals surface area contributed by atoms with Crippen LogP contribution in [0.1, 0.15) is 43.9 Å². The maximum absolute atomic E-state index is 11.4. The number of ether oxygens (including phenoxy) is 1. The first-order chi connectivity index (χ1) is 18.0. The summed E-state index contributed by atoms with van der Waals surface area (Å²) in [5, 5.41) is 16.6. The maximum Gasteiger partial charge on any atom is 0.351 e. The van der Waals surface area contributed by atoms with E-state index in [1.54, 1.807) is 30.8 Å². The van der Waals surface area contributed by atoms with Crippen LogP contribution in [0.15, 0.2) is 57.2 Å². The van der Waals surface area contributed by atoms with E-state index in [-0.39, 0.29) is 29.7 Å². The summed E-state index contributed by atoms with van der Waals surface area (Å²) in [5.41, 5.74) is 6.75. The molecule has 0 aliphatic carbocycles. The number of nitrogens with zero attached hydrogens (tertiary/aromatic N) is 3. The van der Waals surface area contributed by atoms with Gasteiger partial charge in [-0.1, -0.05) is 29.0 Å². The molecule has 1 saturated heterocycles. The topological polar surface area (TPSA) is 137 Å². The SMILES string of the molecule is Cc1occc1C(=S)Nc1ccc(Cl)c(/C=N/OC(C)(C)C)c1.Nc1ccn([C@H]2CS[C@H](CO)O2)c(=O)n1. The molecule has 2 aromatic heterocycles. The summed E-state index contributed by atoms with van der Waals surface area (Å²) in [5.74, 6) is 1.59. The highest BCUT2D eigenvalue weighted by Gasteiger charge is 2.27. The van der Waals surface area contributed by atoms with Gasteiger partial charge in [0, 0.05) is 28.2 Å². The van der Waals surface area contributed by atoms with Gasteiger partial charge in [-0.3, -0.25) is 4.57 Å². The van der Waals surface area contributed by atoms with Gasteiger partial charge in [0.2, 0.25) is 0 Å². The molecule has 0 unspecified atom stereocenters. The Morgan fingerprint density at radius 2 is 2.18 bits per heavy atom. The van der Waals surface area contributed by atoms with E-state index in [2.05, 4.69) is 15.5 Å². The van der Waals surface area contributed by atoms with Crippen LogP contribution < -0.4 is 16.7 Å². The number of aryl methyl sites for hydroxylation is 1. The fourth-order valence-corrected chi connectivity index (χ4v) is 4.54. The normalized spacial score (nSPS) is 17.2. The Kier molecular flexibility index (Phi) is 10.3. The van der Waals surface area contributed by atoms with Gasteiger partial charge in [-0.15, -0.1) is 11.8 Å². The number of aliphatic hydroxyl groups excluding tert-OH is 1. The molecule has 0 bridgehead atoms. The Morgan fingerprint density at radius 3 is 2.79 bits per heavy atom. The van der Waals surface area contributed by atoms with E-state index in [1.165, 1.54) is 16.3 Å². The average molecular weight is 580 g/mol. The number of rotatable bonds is 6. The summed E-state index contributed by atoms with van der Waals surface area (Å²) >= 11 is 13.0. The zero-order valence-electron chi connectivity index (χ0n) is 21.4. The fraction of sp³-hybridized carbons (Fsp3) is 0.360. The first-order valence-electron chi connectivity index (χ1n) is 11.6. The predicted octanol–water partition coefficient (Wildman–Crippen LogP) is 4.58. The zero-order valence-corrected chi connectivity index (χ0v) is 23.8. The Morgan fingerprint density at radius 1 is 1.42 bits per heavy atom. The minimum absolute atomic E-state index is 0.0572. The van der Waals surface area contributed by atoms with E-state index < -0.39 is 5.69 Å². The molecule has 0 saturated carbocycles. The number of oxime groups is 1. The number of nitrogen functional groups attached to an aromatic ring is 1. The quantitative estimate of drug-likeness (QED) is 0.216.